The van der Waals surface area contributed by atoms with E-state index in [1.165, 1.54) is 71.3 Å². The highest BCUT2D eigenvalue weighted by Gasteiger charge is 2.65. The van der Waals surface area contributed by atoms with Crippen LogP contribution in [-0.4, -0.2) is 65.9 Å². The van der Waals surface area contributed by atoms with Crippen molar-refractivity contribution >= 4 is 34.4 Å². The van der Waals surface area contributed by atoms with Crippen molar-refractivity contribution in [2.24, 2.45) is 92.7 Å². The Morgan fingerprint density at radius 2 is 1.16 bits per heavy atom. The highest BCUT2D eigenvalue weighted by Crippen LogP contribution is 2.70. The summed E-state index contributed by atoms with van der Waals surface area (Å²) < 4.78 is 23.5. The summed E-state index contributed by atoms with van der Waals surface area (Å²) in [4.78, 5) is 37.5. The number of hydrogen-bond acceptors (Lipinski definition) is 8. The molecule has 0 radical (unpaired) electrons. The number of esters is 2. The number of aliphatic hydroxyl groups is 1. The number of carbonyl (C=O) groups excluding carboxylic acids is 3. The first-order valence-corrected chi connectivity index (χ1v) is 34.7. The van der Waals surface area contributed by atoms with Crippen molar-refractivity contribution in [2.75, 3.05) is 14.2 Å². The highest BCUT2D eigenvalue weighted by molar-refractivity contribution is 6.70. The van der Waals surface area contributed by atoms with E-state index < -0.39 is 16.6 Å². The minimum Gasteiger partial charge on any atom is -0.547 e. The second-order valence-corrected chi connectivity index (χ2v) is 36.1. The molecule has 68 heavy (non-hydrogen) atoms. The number of carbonyl (C=O) groups is 3. The van der Waals surface area contributed by atoms with Crippen LogP contribution in [0.25, 0.3) is 0 Å². The Labute approximate surface area is 416 Å². The quantitative estimate of drug-likeness (QED) is 0.117. The first-order valence-electron chi connectivity index (χ1n) is 27.8. The van der Waals surface area contributed by atoms with E-state index in [9.17, 15) is 19.5 Å². The lowest BCUT2D eigenvalue weighted by Crippen LogP contribution is -2.58. The average Bonchev–Trinajstić information content (AvgIpc) is 3.81. The van der Waals surface area contributed by atoms with Crippen LogP contribution in [0.1, 0.15) is 164 Å². The minimum atomic E-state index is -1.74. The molecule has 0 saturated heterocycles. The van der Waals surface area contributed by atoms with Gasteiger partial charge in [-0.25, -0.2) is 0 Å². The van der Waals surface area contributed by atoms with Crippen LogP contribution in [0, 0.1) is 92.7 Å². The van der Waals surface area contributed by atoms with Crippen molar-refractivity contribution < 1.29 is 37.8 Å². The molecule has 0 spiro atoms. The molecule has 7 saturated carbocycles. The van der Waals surface area contributed by atoms with Gasteiger partial charge in [-0.05, 0) is 241 Å². The third-order valence-electron chi connectivity index (χ3n) is 21.4. The summed E-state index contributed by atoms with van der Waals surface area (Å²) in [6.45, 7) is 30.8. The number of rotatable bonds is 12. The summed E-state index contributed by atoms with van der Waals surface area (Å²) in [7, 11) is -0.316. The predicted molar refractivity (Wildman–Crippen MR) is 278 cm³/mol. The normalized spacial score (nSPS) is 43.4. The lowest BCUT2D eigenvalue weighted by Gasteiger charge is -2.61. The molecular weight excluding hydrogens is 881 g/mol. The molecule has 0 heterocycles. The van der Waals surface area contributed by atoms with Gasteiger partial charge in [-0.3, -0.25) is 14.4 Å². The molecule has 0 bridgehead atoms. The number of fused-ring (bicyclic) bond motifs is 10. The summed E-state index contributed by atoms with van der Waals surface area (Å²) in [6.07, 6.45) is 23.9. The minimum absolute atomic E-state index is 0.0658. The molecule has 8 aliphatic carbocycles. The van der Waals surface area contributed by atoms with Crippen molar-refractivity contribution in [3.8, 4) is 0 Å². The van der Waals surface area contributed by atoms with Crippen LogP contribution in [0.5, 0.6) is 0 Å². The van der Waals surface area contributed by atoms with E-state index >= 15 is 0 Å². The van der Waals surface area contributed by atoms with Gasteiger partial charge in [-0.15, -0.1) is 0 Å². The lowest BCUT2D eigenvalue weighted by atomic mass is 9.43. The van der Waals surface area contributed by atoms with E-state index in [0.29, 0.717) is 94.7 Å². The number of methoxy groups -OCH3 is 2. The van der Waals surface area contributed by atoms with E-state index in [4.69, 9.17) is 18.3 Å². The van der Waals surface area contributed by atoms with Crippen molar-refractivity contribution in [3.05, 3.63) is 23.5 Å². The van der Waals surface area contributed by atoms with Crippen LogP contribution in [0.15, 0.2) is 23.5 Å². The molecule has 7 fully saturated rings. The van der Waals surface area contributed by atoms with E-state index in [0.717, 1.165) is 56.9 Å². The maximum atomic E-state index is 13.9. The fourth-order valence-corrected chi connectivity index (χ4v) is 20.3. The Morgan fingerprint density at radius 3 is 1.66 bits per heavy atom. The number of Topliss-reactive ketones (excluding diaryl/α,β-unsaturated/α-hetero) is 1. The molecule has 1 N–H and O–H groups in total. The Hall–Kier alpha value is -1.76. The number of ether oxygens (including phenoxy) is 2. The van der Waals surface area contributed by atoms with Gasteiger partial charge in [-0.2, -0.15) is 0 Å². The van der Waals surface area contributed by atoms with Gasteiger partial charge in [0.05, 0.1) is 26.1 Å². The van der Waals surface area contributed by atoms with Crippen LogP contribution < -0.4 is 0 Å². The van der Waals surface area contributed by atoms with E-state index in [1.54, 1.807) is 0 Å². The first-order chi connectivity index (χ1) is 31.7. The average molecular weight is 980 g/mol. The maximum Gasteiger partial charge on any atom is 0.305 e. The van der Waals surface area contributed by atoms with Crippen molar-refractivity contribution in [3.63, 3.8) is 0 Å². The Kier molecular flexibility index (Phi) is 16.1. The van der Waals surface area contributed by atoms with Gasteiger partial charge >= 0.3 is 11.9 Å². The summed E-state index contributed by atoms with van der Waals surface area (Å²) in [5.74, 6) is 7.62. The number of aliphatic hydroxyl groups excluding tert-OH is 1. The second-order valence-electron chi connectivity index (χ2n) is 27.2. The monoisotopic (exact) mass is 979 g/mol. The summed E-state index contributed by atoms with van der Waals surface area (Å²) in [5.41, 5.74) is 2.01. The summed E-state index contributed by atoms with van der Waals surface area (Å²) in [6, 6.07) is 0. The third kappa shape index (κ3) is 10.3. The smallest absolute Gasteiger partial charge is 0.305 e. The van der Waals surface area contributed by atoms with E-state index in [1.807, 2.05) is 6.92 Å². The summed E-state index contributed by atoms with van der Waals surface area (Å²) >= 11 is 0. The zero-order valence-electron chi connectivity index (χ0n) is 45.8. The second kappa shape index (κ2) is 20.3. The van der Waals surface area contributed by atoms with Gasteiger partial charge in [0, 0.05) is 30.8 Å². The molecule has 0 aromatic heterocycles. The van der Waals surface area contributed by atoms with Crippen molar-refractivity contribution in [1.29, 1.82) is 0 Å². The molecule has 18 atom stereocenters. The topological polar surface area (TPSA) is 108 Å². The number of allylic oxidation sites excluding steroid dienone is 4. The van der Waals surface area contributed by atoms with E-state index in [2.05, 4.69) is 93.0 Å². The van der Waals surface area contributed by atoms with Crippen LogP contribution >= 0.6 is 0 Å². The Balaban J connectivity index is 0.000000204. The van der Waals surface area contributed by atoms with Crippen molar-refractivity contribution in [2.45, 2.75) is 216 Å². The van der Waals surface area contributed by atoms with E-state index in [-0.39, 0.29) is 40.7 Å². The molecular formula is C58H98O8Si2. The SMILES string of the molecule is C/C=C1/C(=O)C2C(CC[C@@]3(C)C2CC[C@@H]3[C@H](C)CCC(=O)OC)[C@@]2(C)CC[C@@H](O)CC12.COC(=O)CC[C@@H](C)[C@H]1CCC2C3C(O[Si](C)(C)C)=CC4C[C@H](O[Si](C)(C)C)CC[C@]4(C)C3CC[C@@]21C. The molecule has 0 aromatic rings. The molecule has 0 aromatic carbocycles. The molecule has 8 nitrogen and oxygen atoms in total. The highest BCUT2D eigenvalue weighted by atomic mass is 28.4. The first kappa shape index (κ1) is 54.0. The molecule has 386 valence electrons. The molecule has 8 aliphatic rings. The van der Waals surface area contributed by atoms with Crippen molar-refractivity contribution in [1.82, 2.24) is 0 Å². The third-order valence-corrected chi connectivity index (χ3v) is 23.3. The van der Waals surface area contributed by atoms with Gasteiger partial charge in [0.15, 0.2) is 14.1 Å². The zero-order valence-corrected chi connectivity index (χ0v) is 47.8. The van der Waals surface area contributed by atoms with Gasteiger partial charge in [0.25, 0.3) is 0 Å². The standard InChI is InChI=1S/C31H56O4Si2.C27H42O4/c1-21(11-14-28(32)33-4)24-12-13-25-29-26(16-18-31(24,25)3)30(2)17-15-23(34-36(5,6)7)19-22(30)20-27(29)35-37(8,9)10;1-6-18-22-15-17(28)11-13-27(22,4)21-12-14-26(3)19(16(2)7-10-23(29)31-5)8-9-20(26)24(21)25(18)30/h20-26,29H,11-19H2,1-10H3;6,16-17,19-22,24,28H,7-15H2,1-5H3/b;18-6+/t21-,22?,23-,24-,25?,26?,29?,30+,31-;16-,17-,19-,20?,21?,22?,24?,26-,27-/m11/s1. The van der Waals surface area contributed by atoms with Crippen LogP contribution in [0.3, 0.4) is 0 Å². The van der Waals surface area contributed by atoms with Crippen LogP contribution in [0.4, 0.5) is 0 Å². The Morgan fingerprint density at radius 1 is 0.676 bits per heavy atom. The molecule has 8 rings (SSSR count). The molecule has 8 unspecified atom stereocenters. The maximum absolute atomic E-state index is 13.9. The summed E-state index contributed by atoms with van der Waals surface area (Å²) in [5, 5.41) is 10.4. The van der Waals surface area contributed by atoms with Gasteiger partial charge < -0.3 is 23.4 Å². The fraction of sp³-hybridized carbons (Fsp3) is 0.879. The van der Waals surface area contributed by atoms with Gasteiger partial charge in [0.1, 0.15) is 0 Å². The lowest BCUT2D eigenvalue weighted by molar-refractivity contribution is -0.150. The predicted octanol–water partition coefficient (Wildman–Crippen LogP) is 13.7. The van der Waals surface area contributed by atoms with Crippen LogP contribution in [-0.2, 0) is 32.7 Å². The van der Waals surface area contributed by atoms with Crippen LogP contribution in [0.2, 0.25) is 39.3 Å². The number of hydrogen-bond donors (Lipinski definition) is 1. The van der Waals surface area contributed by atoms with Gasteiger partial charge in [0.2, 0.25) is 8.32 Å². The molecule has 10 heteroatoms. The molecule has 0 aliphatic heterocycles. The molecule has 0 amide bonds. The number of ketones is 1. The fourth-order valence-electron chi connectivity index (χ4n) is 18.1. The largest absolute Gasteiger partial charge is 0.547 e. The van der Waals surface area contributed by atoms with Gasteiger partial charge in [-0.1, -0.05) is 47.6 Å². The Bertz CT molecular complexity index is 1900. The zero-order chi connectivity index (χ0) is 49.9.